The number of carboxylic acids is 1. The van der Waals surface area contributed by atoms with E-state index in [9.17, 15) is 4.79 Å². The smallest absolute Gasteiger partial charge is 0.329 e. The first kappa shape index (κ1) is 12.6. The molecule has 1 aromatic carbocycles. The van der Waals surface area contributed by atoms with E-state index in [1.54, 1.807) is 0 Å². The van der Waals surface area contributed by atoms with Gasteiger partial charge in [0.25, 0.3) is 0 Å². The standard InChI is InChI=1S/C13H16N2O3/c1-2-7-15-11-6-4-3-5-10(11)14-12(15)8-18-9-13(16)17/h3-6H,2,7-9H2,1H3,(H,16,17). The summed E-state index contributed by atoms with van der Waals surface area (Å²) in [5.41, 5.74) is 1.98. The summed E-state index contributed by atoms with van der Waals surface area (Å²) in [6.07, 6.45) is 0.992. The lowest BCUT2D eigenvalue weighted by molar-refractivity contribution is -0.142. The van der Waals surface area contributed by atoms with E-state index in [-0.39, 0.29) is 13.2 Å². The highest BCUT2D eigenvalue weighted by Crippen LogP contribution is 2.17. The van der Waals surface area contributed by atoms with E-state index in [0.29, 0.717) is 0 Å². The van der Waals surface area contributed by atoms with Gasteiger partial charge in [-0.15, -0.1) is 0 Å². The van der Waals surface area contributed by atoms with Crippen molar-refractivity contribution in [2.24, 2.45) is 0 Å². The molecule has 0 aliphatic heterocycles. The SMILES string of the molecule is CCCn1c(COCC(=O)O)nc2ccccc21. The molecular formula is C13H16N2O3. The number of ether oxygens (including phenoxy) is 1. The Labute approximate surface area is 105 Å². The van der Waals surface area contributed by atoms with Crippen molar-refractivity contribution in [1.82, 2.24) is 9.55 Å². The first-order valence-corrected chi connectivity index (χ1v) is 5.96. The van der Waals surface area contributed by atoms with Crippen LogP contribution >= 0.6 is 0 Å². The summed E-state index contributed by atoms with van der Waals surface area (Å²) >= 11 is 0. The number of para-hydroxylation sites is 2. The molecular weight excluding hydrogens is 232 g/mol. The second-order valence-electron chi connectivity index (χ2n) is 4.05. The van der Waals surface area contributed by atoms with Crippen LogP contribution in [0.15, 0.2) is 24.3 Å². The third-order valence-corrected chi connectivity index (χ3v) is 2.64. The van der Waals surface area contributed by atoms with E-state index in [1.165, 1.54) is 0 Å². The number of nitrogens with zero attached hydrogens (tertiary/aromatic N) is 2. The molecule has 0 saturated carbocycles. The maximum Gasteiger partial charge on any atom is 0.329 e. The summed E-state index contributed by atoms with van der Waals surface area (Å²) in [7, 11) is 0. The molecule has 2 aromatic rings. The van der Waals surface area contributed by atoms with Crippen molar-refractivity contribution in [2.45, 2.75) is 26.5 Å². The van der Waals surface area contributed by atoms with Crippen LogP contribution < -0.4 is 0 Å². The average Bonchev–Trinajstić information content (AvgIpc) is 2.68. The zero-order chi connectivity index (χ0) is 13.0. The second-order valence-corrected chi connectivity index (χ2v) is 4.05. The zero-order valence-corrected chi connectivity index (χ0v) is 10.3. The largest absolute Gasteiger partial charge is 0.480 e. The van der Waals surface area contributed by atoms with Gasteiger partial charge in [-0.05, 0) is 18.6 Å². The maximum atomic E-state index is 10.4. The number of carboxylic acid groups (broad SMARTS) is 1. The molecule has 0 unspecified atom stereocenters. The van der Waals surface area contributed by atoms with E-state index < -0.39 is 5.97 Å². The molecule has 0 amide bonds. The molecule has 0 aliphatic carbocycles. The van der Waals surface area contributed by atoms with Crippen molar-refractivity contribution >= 4 is 17.0 Å². The molecule has 1 N–H and O–H groups in total. The predicted molar refractivity (Wildman–Crippen MR) is 67.3 cm³/mol. The number of aromatic nitrogens is 2. The van der Waals surface area contributed by atoms with E-state index in [2.05, 4.69) is 16.5 Å². The molecule has 0 fully saturated rings. The topological polar surface area (TPSA) is 64.3 Å². The van der Waals surface area contributed by atoms with Crippen LogP contribution in [-0.4, -0.2) is 27.2 Å². The lowest BCUT2D eigenvalue weighted by atomic mass is 10.3. The summed E-state index contributed by atoms with van der Waals surface area (Å²) in [4.78, 5) is 14.9. The first-order chi connectivity index (χ1) is 8.72. The van der Waals surface area contributed by atoms with Crippen molar-refractivity contribution in [3.8, 4) is 0 Å². The molecule has 0 saturated heterocycles. The fourth-order valence-corrected chi connectivity index (χ4v) is 1.94. The molecule has 0 spiro atoms. The Morgan fingerprint density at radius 3 is 2.94 bits per heavy atom. The van der Waals surface area contributed by atoms with Crippen LogP contribution in [0.5, 0.6) is 0 Å². The van der Waals surface area contributed by atoms with Crippen molar-refractivity contribution in [1.29, 1.82) is 0 Å². The number of aryl methyl sites for hydroxylation is 1. The first-order valence-electron chi connectivity index (χ1n) is 5.96. The Hall–Kier alpha value is -1.88. The molecule has 2 rings (SSSR count). The Balaban J connectivity index is 2.24. The van der Waals surface area contributed by atoms with Crippen molar-refractivity contribution < 1.29 is 14.6 Å². The fourth-order valence-electron chi connectivity index (χ4n) is 1.94. The minimum absolute atomic E-state index is 0.223. The lowest BCUT2D eigenvalue weighted by Gasteiger charge is -2.07. The van der Waals surface area contributed by atoms with Gasteiger partial charge in [-0.3, -0.25) is 0 Å². The minimum Gasteiger partial charge on any atom is -0.480 e. The second kappa shape index (κ2) is 5.64. The third kappa shape index (κ3) is 2.68. The van der Waals surface area contributed by atoms with Gasteiger partial charge < -0.3 is 14.4 Å². The van der Waals surface area contributed by atoms with Crippen molar-refractivity contribution in [3.63, 3.8) is 0 Å². The molecule has 5 heteroatoms. The van der Waals surface area contributed by atoms with Gasteiger partial charge in [0.15, 0.2) is 0 Å². The molecule has 18 heavy (non-hydrogen) atoms. The number of benzene rings is 1. The maximum absolute atomic E-state index is 10.4. The average molecular weight is 248 g/mol. The van der Waals surface area contributed by atoms with Crippen LogP contribution in [0.25, 0.3) is 11.0 Å². The van der Waals surface area contributed by atoms with Gasteiger partial charge in [-0.25, -0.2) is 9.78 Å². The van der Waals surface area contributed by atoms with Crippen molar-refractivity contribution in [3.05, 3.63) is 30.1 Å². The van der Waals surface area contributed by atoms with E-state index in [0.717, 1.165) is 29.8 Å². The third-order valence-electron chi connectivity index (χ3n) is 2.64. The summed E-state index contributed by atoms with van der Waals surface area (Å²) in [6.45, 7) is 2.87. The van der Waals surface area contributed by atoms with Crippen LogP contribution in [0.4, 0.5) is 0 Å². The highest BCUT2D eigenvalue weighted by atomic mass is 16.5. The van der Waals surface area contributed by atoms with E-state index in [4.69, 9.17) is 9.84 Å². The predicted octanol–water partition coefficient (Wildman–Crippen LogP) is 2.05. The van der Waals surface area contributed by atoms with Gasteiger partial charge in [-0.2, -0.15) is 0 Å². The van der Waals surface area contributed by atoms with Crippen LogP contribution in [0.1, 0.15) is 19.2 Å². The fraction of sp³-hybridized carbons (Fsp3) is 0.385. The Kier molecular flexibility index (Phi) is 3.94. The van der Waals surface area contributed by atoms with Crippen LogP contribution in [0.2, 0.25) is 0 Å². The number of imidazole rings is 1. The molecule has 5 nitrogen and oxygen atoms in total. The van der Waals surface area contributed by atoms with Crippen LogP contribution in [-0.2, 0) is 22.7 Å². The van der Waals surface area contributed by atoms with Crippen molar-refractivity contribution in [2.75, 3.05) is 6.61 Å². The van der Waals surface area contributed by atoms with Gasteiger partial charge in [0.1, 0.15) is 19.0 Å². The summed E-state index contributed by atoms with van der Waals surface area (Å²) in [6, 6.07) is 7.87. The summed E-state index contributed by atoms with van der Waals surface area (Å²) in [5.74, 6) is -0.188. The minimum atomic E-state index is -0.965. The van der Waals surface area contributed by atoms with Gasteiger partial charge in [0.2, 0.25) is 0 Å². The molecule has 96 valence electrons. The van der Waals surface area contributed by atoms with E-state index in [1.807, 2.05) is 24.3 Å². The molecule has 1 heterocycles. The Morgan fingerprint density at radius 2 is 2.22 bits per heavy atom. The highest BCUT2D eigenvalue weighted by Gasteiger charge is 2.10. The van der Waals surface area contributed by atoms with Gasteiger partial charge in [0.05, 0.1) is 11.0 Å². The van der Waals surface area contributed by atoms with Crippen LogP contribution in [0, 0.1) is 0 Å². The number of hydrogen-bond donors (Lipinski definition) is 1. The Bertz CT molecular complexity index is 548. The monoisotopic (exact) mass is 248 g/mol. The highest BCUT2D eigenvalue weighted by molar-refractivity contribution is 5.75. The summed E-state index contributed by atoms with van der Waals surface area (Å²) < 4.78 is 7.20. The molecule has 0 radical (unpaired) electrons. The van der Waals surface area contributed by atoms with Gasteiger partial charge >= 0.3 is 5.97 Å². The lowest BCUT2D eigenvalue weighted by Crippen LogP contribution is -2.10. The number of hydrogen-bond acceptors (Lipinski definition) is 3. The molecule has 0 bridgehead atoms. The molecule has 0 aliphatic rings. The van der Waals surface area contributed by atoms with Gasteiger partial charge in [0, 0.05) is 6.54 Å². The van der Waals surface area contributed by atoms with Gasteiger partial charge in [-0.1, -0.05) is 19.1 Å². The number of rotatable bonds is 6. The molecule has 0 atom stereocenters. The Morgan fingerprint density at radius 1 is 1.44 bits per heavy atom. The number of fused-ring (bicyclic) bond motifs is 1. The number of carbonyl (C=O) groups is 1. The zero-order valence-electron chi connectivity index (χ0n) is 10.3. The summed E-state index contributed by atoms with van der Waals surface area (Å²) in [5, 5.41) is 8.55. The molecule has 1 aromatic heterocycles. The van der Waals surface area contributed by atoms with Crippen LogP contribution in [0.3, 0.4) is 0 Å². The normalized spacial score (nSPS) is 10.9. The number of aliphatic carboxylic acids is 1. The van der Waals surface area contributed by atoms with E-state index >= 15 is 0 Å². The quantitative estimate of drug-likeness (QED) is 0.849.